The summed E-state index contributed by atoms with van der Waals surface area (Å²) in [6.45, 7) is 4.44. The third kappa shape index (κ3) is 4.34. The van der Waals surface area contributed by atoms with E-state index in [2.05, 4.69) is 52.0 Å². The summed E-state index contributed by atoms with van der Waals surface area (Å²) >= 11 is 3.47. The molecule has 0 radical (unpaired) electrons. The first-order valence-corrected chi connectivity index (χ1v) is 8.26. The summed E-state index contributed by atoms with van der Waals surface area (Å²) in [4.78, 5) is 6.97. The molecule has 3 rings (SSSR count). The number of likely N-dealkylation sites (tertiary alicyclic amines) is 1. The highest BCUT2D eigenvalue weighted by atomic mass is 127. The lowest BCUT2D eigenvalue weighted by Gasteiger charge is -2.31. The quantitative estimate of drug-likeness (QED) is 0.409. The highest BCUT2D eigenvalue weighted by Gasteiger charge is 2.38. The molecule has 2 fully saturated rings. The molecule has 21 heavy (non-hydrogen) atoms. The second-order valence-electron chi connectivity index (χ2n) is 6.12. The van der Waals surface area contributed by atoms with Crippen molar-refractivity contribution in [3.05, 3.63) is 34.3 Å². The van der Waals surface area contributed by atoms with Crippen LogP contribution in [-0.2, 0) is 0 Å². The minimum atomic E-state index is 0. The van der Waals surface area contributed by atoms with Gasteiger partial charge in [0.1, 0.15) is 0 Å². The lowest BCUT2D eigenvalue weighted by Crippen LogP contribution is -2.42. The first kappa shape index (κ1) is 17.1. The smallest absolute Gasteiger partial charge is 0.191 e. The average molecular weight is 464 g/mol. The molecule has 116 valence electrons. The van der Waals surface area contributed by atoms with Crippen molar-refractivity contribution in [1.82, 2.24) is 4.90 Å². The second kappa shape index (κ2) is 7.31. The topological polar surface area (TPSA) is 41.6 Å². The normalized spacial score (nSPS) is 26.4. The van der Waals surface area contributed by atoms with E-state index in [-0.39, 0.29) is 24.0 Å². The van der Waals surface area contributed by atoms with Crippen molar-refractivity contribution >= 4 is 45.9 Å². The zero-order valence-electron chi connectivity index (χ0n) is 12.3. The molecule has 2 unspecified atom stereocenters. The second-order valence-corrected chi connectivity index (χ2v) is 7.03. The first-order chi connectivity index (χ1) is 9.63. The number of piperidine rings is 1. The van der Waals surface area contributed by atoms with Gasteiger partial charge in [0, 0.05) is 23.5 Å². The van der Waals surface area contributed by atoms with Crippen LogP contribution in [0.25, 0.3) is 0 Å². The SMILES string of the molecule is CC1CCN(C(N)=NC2CC2c2ccc(Br)cc2)CC1.I. The maximum absolute atomic E-state index is 6.17. The zero-order chi connectivity index (χ0) is 14.1. The van der Waals surface area contributed by atoms with Crippen LogP contribution in [0.5, 0.6) is 0 Å². The Morgan fingerprint density at radius 3 is 2.48 bits per heavy atom. The summed E-state index contributed by atoms with van der Waals surface area (Å²) in [7, 11) is 0. The largest absolute Gasteiger partial charge is 0.370 e. The monoisotopic (exact) mass is 463 g/mol. The number of hydrogen-bond donors (Lipinski definition) is 1. The van der Waals surface area contributed by atoms with Crippen LogP contribution in [0.15, 0.2) is 33.7 Å². The van der Waals surface area contributed by atoms with Gasteiger partial charge in [-0.1, -0.05) is 35.0 Å². The van der Waals surface area contributed by atoms with Crippen LogP contribution < -0.4 is 5.73 Å². The molecule has 1 aliphatic heterocycles. The summed E-state index contributed by atoms with van der Waals surface area (Å²) in [5.41, 5.74) is 7.54. The molecule has 1 saturated heterocycles. The van der Waals surface area contributed by atoms with Gasteiger partial charge in [-0.25, -0.2) is 4.99 Å². The average Bonchev–Trinajstić information content (AvgIpc) is 3.19. The van der Waals surface area contributed by atoms with E-state index >= 15 is 0 Å². The summed E-state index contributed by atoms with van der Waals surface area (Å²) in [6, 6.07) is 8.95. The number of nitrogens with zero attached hydrogens (tertiary/aromatic N) is 2. The zero-order valence-corrected chi connectivity index (χ0v) is 16.3. The minimum Gasteiger partial charge on any atom is -0.370 e. The Morgan fingerprint density at radius 1 is 1.24 bits per heavy atom. The Hall–Kier alpha value is -0.300. The van der Waals surface area contributed by atoms with Gasteiger partial charge in [-0.3, -0.25) is 0 Å². The van der Waals surface area contributed by atoms with Crippen molar-refractivity contribution in [2.75, 3.05) is 13.1 Å². The van der Waals surface area contributed by atoms with Crippen LogP contribution in [0.2, 0.25) is 0 Å². The number of aliphatic imine (C=N–C) groups is 1. The fraction of sp³-hybridized carbons (Fsp3) is 0.562. The van der Waals surface area contributed by atoms with E-state index in [1.165, 1.54) is 18.4 Å². The molecule has 5 heteroatoms. The maximum atomic E-state index is 6.17. The Morgan fingerprint density at radius 2 is 1.86 bits per heavy atom. The van der Waals surface area contributed by atoms with Crippen LogP contribution in [0.3, 0.4) is 0 Å². The molecule has 0 bridgehead atoms. The van der Waals surface area contributed by atoms with Gasteiger partial charge in [-0.15, -0.1) is 24.0 Å². The molecular weight excluding hydrogens is 441 g/mol. The van der Waals surface area contributed by atoms with E-state index in [1.807, 2.05) is 0 Å². The van der Waals surface area contributed by atoms with Gasteiger partial charge in [-0.05, 0) is 42.9 Å². The van der Waals surface area contributed by atoms with Gasteiger partial charge in [0.15, 0.2) is 5.96 Å². The van der Waals surface area contributed by atoms with Gasteiger partial charge in [0.25, 0.3) is 0 Å². The van der Waals surface area contributed by atoms with E-state index in [0.717, 1.165) is 35.9 Å². The van der Waals surface area contributed by atoms with E-state index in [1.54, 1.807) is 0 Å². The van der Waals surface area contributed by atoms with E-state index < -0.39 is 0 Å². The summed E-state index contributed by atoms with van der Waals surface area (Å²) < 4.78 is 1.13. The third-order valence-corrected chi connectivity index (χ3v) is 4.99. The molecule has 0 aromatic heterocycles. The molecule has 2 N–H and O–H groups in total. The molecule has 2 atom stereocenters. The van der Waals surface area contributed by atoms with Crippen molar-refractivity contribution in [2.45, 2.75) is 38.1 Å². The van der Waals surface area contributed by atoms with Crippen molar-refractivity contribution in [1.29, 1.82) is 0 Å². The maximum Gasteiger partial charge on any atom is 0.191 e. The molecule has 1 heterocycles. The van der Waals surface area contributed by atoms with Crippen molar-refractivity contribution in [2.24, 2.45) is 16.6 Å². The van der Waals surface area contributed by atoms with Crippen LogP contribution in [0.1, 0.15) is 37.7 Å². The van der Waals surface area contributed by atoms with E-state index in [0.29, 0.717) is 12.0 Å². The number of hydrogen-bond acceptors (Lipinski definition) is 1. The Balaban J connectivity index is 0.00000161. The van der Waals surface area contributed by atoms with E-state index in [4.69, 9.17) is 10.7 Å². The number of rotatable bonds is 2. The molecule has 3 nitrogen and oxygen atoms in total. The van der Waals surface area contributed by atoms with Crippen molar-refractivity contribution < 1.29 is 0 Å². The number of halogens is 2. The number of nitrogens with two attached hydrogens (primary N) is 1. The van der Waals surface area contributed by atoms with Gasteiger partial charge < -0.3 is 10.6 Å². The summed E-state index contributed by atoms with van der Waals surface area (Å²) in [5.74, 6) is 2.14. The van der Waals surface area contributed by atoms with Crippen LogP contribution in [0, 0.1) is 5.92 Å². The van der Waals surface area contributed by atoms with E-state index in [9.17, 15) is 0 Å². The molecule has 0 spiro atoms. The lowest BCUT2D eigenvalue weighted by molar-refractivity contribution is 0.277. The fourth-order valence-corrected chi connectivity index (χ4v) is 3.15. The lowest BCUT2D eigenvalue weighted by atomic mass is 10.00. The van der Waals surface area contributed by atoms with Crippen LogP contribution >= 0.6 is 39.9 Å². The Labute approximate surface area is 152 Å². The number of benzene rings is 1. The van der Waals surface area contributed by atoms with Gasteiger partial charge in [0.05, 0.1) is 6.04 Å². The first-order valence-electron chi connectivity index (χ1n) is 7.47. The molecule has 1 saturated carbocycles. The Bertz CT molecular complexity index is 495. The Kier molecular flexibility index (Phi) is 5.94. The predicted octanol–water partition coefficient (Wildman–Crippen LogP) is 3.97. The highest BCUT2D eigenvalue weighted by Crippen LogP contribution is 2.43. The van der Waals surface area contributed by atoms with Crippen molar-refractivity contribution in [3.63, 3.8) is 0 Å². The van der Waals surface area contributed by atoms with Crippen LogP contribution in [0.4, 0.5) is 0 Å². The third-order valence-electron chi connectivity index (χ3n) is 4.46. The predicted molar refractivity (Wildman–Crippen MR) is 102 cm³/mol. The molecular formula is C16H23BrIN3. The van der Waals surface area contributed by atoms with Gasteiger partial charge in [-0.2, -0.15) is 0 Å². The van der Waals surface area contributed by atoms with Gasteiger partial charge >= 0.3 is 0 Å². The van der Waals surface area contributed by atoms with Gasteiger partial charge in [0.2, 0.25) is 0 Å². The molecule has 1 aromatic rings. The highest BCUT2D eigenvalue weighted by molar-refractivity contribution is 14.0. The number of guanidine groups is 1. The molecule has 1 aromatic carbocycles. The summed E-state index contributed by atoms with van der Waals surface area (Å²) in [6.07, 6.45) is 3.60. The molecule has 0 amide bonds. The minimum absolute atomic E-state index is 0. The standard InChI is InChI=1S/C16H22BrN3.HI/c1-11-6-8-20(9-7-11)16(18)19-15-10-14(15)12-2-4-13(17)5-3-12;/h2-5,11,14-15H,6-10H2,1H3,(H2,18,19);1H. The summed E-state index contributed by atoms with van der Waals surface area (Å²) in [5, 5.41) is 0. The fourth-order valence-electron chi connectivity index (χ4n) is 2.88. The van der Waals surface area contributed by atoms with Crippen LogP contribution in [-0.4, -0.2) is 30.0 Å². The van der Waals surface area contributed by atoms with Crippen molar-refractivity contribution in [3.8, 4) is 0 Å². The molecule has 1 aliphatic carbocycles. The molecule has 2 aliphatic rings.